The number of hydrogen-bond acceptors (Lipinski definition) is 3. The normalized spacial score (nSPS) is 10.8. The van der Waals surface area contributed by atoms with Crippen LogP contribution in [0.5, 0.6) is 0 Å². The average Bonchev–Trinajstić information content (AvgIpc) is 3.02. The van der Waals surface area contributed by atoms with Crippen molar-refractivity contribution in [1.82, 2.24) is 10.2 Å². The highest BCUT2D eigenvalue weighted by Gasteiger charge is 2.13. The van der Waals surface area contributed by atoms with Gasteiger partial charge in [0.1, 0.15) is 17.3 Å². The van der Waals surface area contributed by atoms with Gasteiger partial charge in [-0.1, -0.05) is 12.1 Å². The second-order valence-corrected chi connectivity index (χ2v) is 5.54. The molecule has 2 rings (SSSR count). The molecule has 0 aliphatic rings. The fourth-order valence-electron chi connectivity index (χ4n) is 2.18. The SMILES string of the molecule is CCN(CC(=O)NCc1ccc(F)cc1)C(=O)/C=C/c1ccc(C)o1. The summed E-state index contributed by atoms with van der Waals surface area (Å²) in [7, 11) is 0. The molecule has 0 atom stereocenters. The fraction of sp³-hybridized carbons (Fsp3) is 0.263. The zero-order valence-electron chi connectivity index (χ0n) is 14.3. The van der Waals surface area contributed by atoms with E-state index >= 15 is 0 Å². The molecule has 2 aromatic rings. The standard InChI is InChI=1S/C19H21FN2O3/c1-3-22(19(24)11-10-17-9-4-14(2)25-17)13-18(23)21-12-15-5-7-16(20)8-6-15/h4-11H,3,12-13H2,1-2H3,(H,21,23)/b11-10+. The molecule has 25 heavy (non-hydrogen) atoms. The Kier molecular flexibility index (Phi) is 6.51. The van der Waals surface area contributed by atoms with Crippen molar-refractivity contribution in [1.29, 1.82) is 0 Å². The molecular weight excluding hydrogens is 323 g/mol. The first kappa shape index (κ1) is 18.4. The molecular formula is C19H21FN2O3. The maximum Gasteiger partial charge on any atom is 0.247 e. The van der Waals surface area contributed by atoms with E-state index in [4.69, 9.17) is 4.42 Å². The number of carbonyl (C=O) groups is 2. The molecule has 0 fully saturated rings. The quantitative estimate of drug-likeness (QED) is 0.786. The number of halogens is 1. The first-order valence-corrected chi connectivity index (χ1v) is 8.02. The van der Waals surface area contributed by atoms with Crippen molar-refractivity contribution < 1.29 is 18.4 Å². The van der Waals surface area contributed by atoms with Crippen LogP contribution in [0.25, 0.3) is 6.08 Å². The number of nitrogens with zero attached hydrogens (tertiary/aromatic N) is 1. The number of furan rings is 1. The van der Waals surface area contributed by atoms with E-state index < -0.39 is 0 Å². The lowest BCUT2D eigenvalue weighted by atomic mass is 10.2. The molecule has 0 aliphatic heterocycles. The van der Waals surface area contributed by atoms with Crippen LogP contribution < -0.4 is 5.32 Å². The second-order valence-electron chi connectivity index (χ2n) is 5.54. The molecule has 1 aromatic carbocycles. The molecule has 132 valence electrons. The Balaban J connectivity index is 1.84. The maximum absolute atomic E-state index is 12.8. The second kappa shape index (κ2) is 8.82. The van der Waals surface area contributed by atoms with Crippen molar-refractivity contribution in [3.05, 3.63) is 65.4 Å². The largest absolute Gasteiger partial charge is 0.462 e. The predicted octanol–water partition coefficient (Wildman–Crippen LogP) is 2.91. The lowest BCUT2D eigenvalue weighted by Gasteiger charge is -2.18. The van der Waals surface area contributed by atoms with Crippen LogP contribution in [0.4, 0.5) is 4.39 Å². The molecule has 0 aliphatic carbocycles. The highest BCUT2D eigenvalue weighted by Crippen LogP contribution is 2.08. The van der Waals surface area contributed by atoms with Crippen molar-refractivity contribution in [2.24, 2.45) is 0 Å². The Morgan fingerprint density at radius 3 is 2.52 bits per heavy atom. The summed E-state index contributed by atoms with van der Waals surface area (Å²) >= 11 is 0. The Bertz CT molecular complexity index is 750. The van der Waals surface area contributed by atoms with E-state index in [2.05, 4.69) is 5.32 Å². The Hall–Kier alpha value is -2.89. The number of carbonyl (C=O) groups excluding carboxylic acids is 2. The number of benzene rings is 1. The van der Waals surface area contributed by atoms with Gasteiger partial charge in [0, 0.05) is 19.2 Å². The van der Waals surface area contributed by atoms with Gasteiger partial charge in [-0.25, -0.2) is 4.39 Å². The van der Waals surface area contributed by atoms with Crippen LogP contribution >= 0.6 is 0 Å². The van der Waals surface area contributed by atoms with E-state index in [1.165, 1.54) is 23.1 Å². The fourth-order valence-corrected chi connectivity index (χ4v) is 2.18. The van der Waals surface area contributed by atoms with Crippen LogP contribution in [-0.4, -0.2) is 29.8 Å². The van der Waals surface area contributed by atoms with Crippen molar-refractivity contribution in [2.45, 2.75) is 20.4 Å². The van der Waals surface area contributed by atoms with Crippen LogP contribution in [0.3, 0.4) is 0 Å². The zero-order chi connectivity index (χ0) is 18.2. The summed E-state index contributed by atoms with van der Waals surface area (Å²) in [4.78, 5) is 25.6. The number of aryl methyl sites for hydroxylation is 1. The van der Waals surface area contributed by atoms with Crippen LogP contribution in [0, 0.1) is 12.7 Å². The van der Waals surface area contributed by atoms with E-state index in [0.717, 1.165) is 11.3 Å². The monoisotopic (exact) mass is 344 g/mol. The van der Waals surface area contributed by atoms with Crippen LogP contribution in [0.1, 0.15) is 24.0 Å². The molecule has 6 heteroatoms. The topological polar surface area (TPSA) is 62.6 Å². The summed E-state index contributed by atoms with van der Waals surface area (Å²) in [5.74, 6) is 0.480. The predicted molar refractivity (Wildman–Crippen MR) is 93.0 cm³/mol. The molecule has 1 heterocycles. The van der Waals surface area contributed by atoms with Gasteiger partial charge in [-0.05, 0) is 49.8 Å². The van der Waals surface area contributed by atoms with Gasteiger partial charge in [-0.15, -0.1) is 0 Å². The van der Waals surface area contributed by atoms with Gasteiger partial charge in [0.25, 0.3) is 0 Å². The molecule has 0 spiro atoms. The third kappa shape index (κ3) is 5.91. The summed E-state index contributed by atoms with van der Waals surface area (Å²) in [5, 5.41) is 2.72. The first-order chi connectivity index (χ1) is 12.0. The van der Waals surface area contributed by atoms with Crippen molar-refractivity contribution in [3.8, 4) is 0 Å². The lowest BCUT2D eigenvalue weighted by Crippen LogP contribution is -2.39. The van der Waals surface area contributed by atoms with Gasteiger partial charge >= 0.3 is 0 Å². The van der Waals surface area contributed by atoms with Crippen LogP contribution in [0.2, 0.25) is 0 Å². The highest BCUT2D eigenvalue weighted by atomic mass is 19.1. The van der Waals surface area contributed by atoms with Gasteiger partial charge in [0.05, 0.1) is 6.54 Å². The van der Waals surface area contributed by atoms with Crippen molar-refractivity contribution in [3.63, 3.8) is 0 Å². The molecule has 1 aromatic heterocycles. The molecule has 0 bridgehead atoms. The third-order valence-electron chi connectivity index (χ3n) is 3.58. The molecule has 0 saturated carbocycles. The first-order valence-electron chi connectivity index (χ1n) is 8.02. The summed E-state index contributed by atoms with van der Waals surface area (Å²) in [6.07, 6.45) is 2.96. The van der Waals surface area contributed by atoms with Crippen LogP contribution in [0.15, 0.2) is 46.9 Å². The van der Waals surface area contributed by atoms with E-state index in [1.54, 1.807) is 31.2 Å². The summed E-state index contributed by atoms with van der Waals surface area (Å²) in [6.45, 7) is 4.27. The van der Waals surface area contributed by atoms with E-state index in [0.29, 0.717) is 12.3 Å². The smallest absolute Gasteiger partial charge is 0.247 e. The van der Waals surface area contributed by atoms with Gasteiger partial charge in [0.2, 0.25) is 11.8 Å². The third-order valence-corrected chi connectivity index (χ3v) is 3.58. The van der Waals surface area contributed by atoms with Crippen molar-refractivity contribution in [2.75, 3.05) is 13.1 Å². The molecule has 0 unspecified atom stereocenters. The van der Waals surface area contributed by atoms with Crippen molar-refractivity contribution >= 4 is 17.9 Å². The number of amides is 2. The molecule has 0 radical (unpaired) electrons. The van der Waals surface area contributed by atoms with E-state index in [1.807, 2.05) is 13.0 Å². The zero-order valence-corrected chi connectivity index (χ0v) is 14.3. The van der Waals surface area contributed by atoms with E-state index in [9.17, 15) is 14.0 Å². The summed E-state index contributed by atoms with van der Waals surface area (Å²) in [5.41, 5.74) is 0.789. The molecule has 0 saturated heterocycles. The number of hydrogen-bond donors (Lipinski definition) is 1. The molecule has 5 nitrogen and oxygen atoms in total. The number of likely N-dealkylation sites (N-methyl/N-ethyl adjacent to an activating group) is 1. The Labute approximate surface area is 146 Å². The number of rotatable bonds is 7. The minimum Gasteiger partial charge on any atom is -0.462 e. The molecule has 2 amide bonds. The Morgan fingerprint density at radius 1 is 1.20 bits per heavy atom. The molecule has 1 N–H and O–H groups in total. The Morgan fingerprint density at radius 2 is 1.92 bits per heavy atom. The summed E-state index contributed by atoms with van der Waals surface area (Å²) in [6, 6.07) is 9.46. The minimum atomic E-state index is -0.323. The van der Waals surface area contributed by atoms with Gasteiger partial charge in [-0.2, -0.15) is 0 Å². The lowest BCUT2D eigenvalue weighted by molar-refractivity contribution is -0.132. The number of nitrogens with one attached hydrogen (secondary N) is 1. The maximum atomic E-state index is 12.8. The minimum absolute atomic E-state index is 0.0436. The average molecular weight is 344 g/mol. The van der Waals surface area contributed by atoms with E-state index in [-0.39, 0.29) is 30.7 Å². The summed E-state index contributed by atoms with van der Waals surface area (Å²) < 4.78 is 18.2. The van der Waals surface area contributed by atoms with Gasteiger partial charge in [0.15, 0.2) is 0 Å². The van der Waals surface area contributed by atoms with Gasteiger partial charge in [-0.3, -0.25) is 9.59 Å². The highest BCUT2D eigenvalue weighted by molar-refractivity contribution is 5.94. The van der Waals surface area contributed by atoms with Gasteiger partial charge < -0.3 is 14.6 Å². The van der Waals surface area contributed by atoms with Crippen LogP contribution in [-0.2, 0) is 16.1 Å².